The minimum absolute atomic E-state index is 1.29. The van der Waals surface area contributed by atoms with Gasteiger partial charge in [0.15, 0.2) is 0 Å². The zero-order valence-corrected chi connectivity index (χ0v) is 13.5. The van der Waals surface area contributed by atoms with Crippen LogP contribution in [0.2, 0.25) is 0 Å². The number of unbranched alkanes of at least 4 members (excludes halogenated alkanes) is 7. The number of hydrogen-bond donors (Lipinski definition) is 1. The fourth-order valence-electron chi connectivity index (χ4n) is 2.62. The molecule has 0 bridgehead atoms. The monoisotopic (exact) mass is 276 g/mol. The van der Waals surface area contributed by atoms with E-state index in [-0.39, 0.29) is 0 Å². The molecule has 0 aromatic rings. The maximum atomic E-state index is 6.25. The van der Waals surface area contributed by atoms with E-state index in [1.807, 2.05) is 0 Å². The summed E-state index contributed by atoms with van der Waals surface area (Å²) >= 11 is 0. The number of nitrogens with one attached hydrogen (secondary N) is 1. The van der Waals surface area contributed by atoms with Gasteiger partial charge >= 0.3 is 0 Å². The van der Waals surface area contributed by atoms with Crippen LogP contribution in [0.1, 0.15) is 78.1 Å². The van der Waals surface area contributed by atoms with Crippen molar-refractivity contribution in [2.75, 3.05) is 6.54 Å². The van der Waals surface area contributed by atoms with Crippen LogP contribution in [0.25, 0.3) is 0 Å². The molecule has 1 aliphatic heterocycles. The van der Waals surface area contributed by atoms with E-state index in [4.69, 9.17) is 11.8 Å². The first kappa shape index (κ1) is 18.9. The summed E-state index contributed by atoms with van der Waals surface area (Å²) in [5, 5.41) is 6.25. The SMILES string of the molecule is CCCCCCCCC[NH+]1C=CC=C1CCCC.[C-]#N. The summed E-state index contributed by atoms with van der Waals surface area (Å²) in [7, 11) is 0. The standard InChI is InChI=1S/C17H31N.CN/c1-3-5-7-8-9-10-11-15-18-16-12-14-17(18)13-6-4-2;1-2/h12,14,16H,3-11,13,15H2,1-2H3;/q;-1/p+1. The normalized spacial score (nSPS) is 16.6. The molecule has 0 aromatic carbocycles. The fraction of sp³-hybridized carbons (Fsp3) is 0.722. The van der Waals surface area contributed by atoms with Gasteiger partial charge in [-0.3, -0.25) is 4.90 Å². The van der Waals surface area contributed by atoms with Crippen molar-refractivity contribution in [1.82, 2.24) is 0 Å². The zero-order chi connectivity index (χ0) is 15.1. The van der Waals surface area contributed by atoms with Crippen LogP contribution in [0.5, 0.6) is 0 Å². The second-order valence-corrected chi connectivity index (χ2v) is 5.55. The Morgan fingerprint density at radius 1 is 0.900 bits per heavy atom. The van der Waals surface area contributed by atoms with Crippen molar-refractivity contribution in [1.29, 1.82) is 5.26 Å². The molecule has 1 N–H and O–H groups in total. The number of hydrogen-bond acceptors (Lipinski definition) is 1. The predicted octanol–water partition coefficient (Wildman–Crippen LogP) is 4.32. The molecule has 0 saturated heterocycles. The van der Waals surface area contributed by atoms with Crippen LogP contribution >= 0.6 is 0 Å². The van der Waals surface area contributed by atoms with Gasteiger partial charge in [-0.05, 0) is 25.3 Å². The van der Waals surface area contributed by atoms with Crippen molar-refractivity contribution in [3.63, 3.8) is 0 Å². The number of quaternary nitrogens is 1. The van der Waals surface area contributed by atoms with E-state index in [1.165, 1.54) is 70.8 Å². The summed E-state index contributed by atoms with van der Waals surface area (Å²) in [6.07, 6.45) is 20.7. The quantitative estimate of drug-likeness (QED) is 0.442. The van der Waals surface area contributed by atoms with Gasteiger partial charge in [0.2, 0.25) is 0 Å². The summed E-state index contributed by atoms with van der Waals surface area (Å²) < 4.78 is 0. The van der Waals surface area contributed by atoms with Crippen molar-refractivity contribution < 1.29 is 4.90 Å². The highest BCUT2D eigenvalue weighted by atomic mass is 15.1. The van der Waals surface area contributed by atoms with Crippen molar-refractivity contribution >= 4 is 0 Å². The average molecular weight is 276 g/mol. The first-order chi connectivity index (χ1) is 9.88. The second-order valence-electron chi connectivity index (χ2n) is 5.55. The van der Waals surface area contributed by atoms with Gasteiger partial charge in [0, 0.05) is 12.5 Å². The van der Waals surface area contributed by atoms with Gasteiger partial charge in [0.1, 0.15) is 5.70 Å². The van der Waals surface area contributed by atoms with Crippen molar-refractivity contribution in [3.05, 3.63) is 30.6 Å². The Labute approximate surface area is 126 Å². The van der Waals surface area contributed by atoms with Gasteiger partial charge in [-0.15, -0.1) is 0 Å². The molecule has 0 saturated carbocycles. The molecule has 20 heavy (non-hydrogen) atoms. The van der Waals surface area contributed by atoms with E-state index in [2.05, 4.69) is 32.2 Å². The highest BCUT2D eigenvalue weighted by molar-refractivity contribution is 5.10. The van der Waals surface area contributed by atoms with E-state index >= 15 is 0 Å². The van der Waals surface area contributed by atoms with Crippen LogP contribution in [-0.4, -0.2) is 6.54 Å². The Bertz CT molecular complexity index is 289. The molecule has 0 aliphatic carbocycles. The molecule has 2 nitrogen and oxygen atoms in total. The van der Waals surface area contributed by atoms with Crippen LogP contribution in [-0.2, 0) is 0 Å². The highest BCUT2D eigenvalue weighted by Crippen LogP contribution is 2.07. The van der Waals surface area contributed by atoms with Crippen molar-refractivity contribution in [3.8, 4) is 0 Å². The first-order valence-corrected chi connectivity index (χ1v) is 8.34. The Morgan fingerprint density at radius 3 is 2.15 bits per heavy atom. The Hall–Kier alpha value is -1.07. The third-order valence-corrected chi connectivity index (χ3v) is 3.86. The van der Waals surface area contributed by atoms with Crippen LogP contribution in [0.4, 0.5) is 0 Å². The molecule has 0 aromatic heterocycles. The molecule has 0 fully saturated rings. The topological polar surface area (TPSA) is 28.2 Å². The molecule has 1 heterocycles. The van der Waals surface area contributed by atoms with E-state index in [1.54, 1.807) is 10.6 Å². The first-order valence-electron chi connectivity index (χ1n) is 8.34. The fourth-order valence-corrected chi connectivity index (χ4v) is 2.62. The lowest BCUT2D eigenvalue weighted by atomic mass is 10.1. The minimum Gasteiger partial charge on any atom is -0.512 e. The van der Waals surface area contributed by atoms with Gasteiger partial charge < -0.3 is 11.8 Å². The Balaban J connectivity index is 0.00000172. The van der Waals surface area contributed by atoms with Gasteiger partial charge in [0.25, 0.3) is 0 Å². The largest absolute Gasteiger partial charge is 0.512 e. The Morgan fingerprint density at radius 2 is 1.50 bits per heavy atom. The average Bonchev–Trinajstić information content (AvgIpc) is 2.93. The van der Waals surface area contributed by atoms with E-state index in [9.17, 15) is 0 Å². The van der Waals surface area contributed by atoms with Gasteiger partial charge in [-0.25, -0.2) is 0 Å². The zero-order valence-electron chi connectivity index (χ0n) is 13.5. The summed E-state index contributed by atoms with van der Waals surface area (Å²) in [5.74, 6) is 0. The molecular weight excluding hydrogens is 244 g/mol. The highest BCUT2D eigenvalue weighted by Gasteiger charge is 2.15. The van der Waals surface area contributed by atoms with E-state index in [0.29, 0.717) is 0 Å². The third-order valence-electron chi connectivity index (χ3n) is 3.86. The van der Waals surface area contributed by atoms with Crippen molar-refractivity contribution in [2.24, 2.45) is 0 Å². The molecule has 1 unspecified atom stereocenters. The molecule has 2 heteroatoms. The third kappa shape index (κ3) is 8.93. The molecule has 0 spiro atoms. The lowest BCUT2D eigenvalue weighted by Gasteiger charge is -2.14. The number of allylic oxidation sites excluding steroid dienone is 3. The maximum absolute atomic E-state index is 6.25. The molecule has 1 rings (SSSR count). The summed E-state index contributed by atoms with van der Waals surface area (Å²) in [6, 6.07) is 0. The van der Waals surface area contributed by atoms with Gasteiger partial charge in [0.05, 0.1) is 12.7 Å². The molecular formula is C18H32N2. The molecule has 0 radical (unpaired) electrons. The van der Waals surface area contributed by atoms with E-state index < -0.39 is 0 Å². The van der Waals surface area contributed by atoms with Crippen LogP contribution < -0.4 is 4.90 Å². The Kier molecular flexibility index (Phi) is 13.6. The van der Waals surface area contributed by atoms with Crippen LogP contribution in [0, 0.1) is 11.8 Å². The van der Waals surface area contributed by atoms with Crippen LogP contribution in [0.15, 0.2) is 24.0 Å². The summed E-state index contributed by atoms with van der Waals surface area (Å²) in [4.78, 5) is 1.62. The maximum Gasteiger partial charge on any atom is 0.112 e. The number of rotatable bonds is 11. The lowest BCUT2D eigenvalue weighted by molar-refractivity contribution is -0.804. The second kappa shape index (κ2) is 14.3. The summed E-state index contributed by atoms with van der Waals surface area (Å²) in [5.41, 5.74) is 1.61. The predicted molar refractivity (Wildman–Crippen MR) is 85.5 cm³/mol. The molecule has 1 atom stereocenters. The minimum atomic E-state index is 1.29. The molecule has 114 valence electrons. The van der Waals surface area contributed by atoms with Gasteiger partial charge in [-0.1, -0.05) is 52.4 Å². The number of nitrogens with zero attached hydrogens (tertiary/aromatic N) is 1. The summed E-state index contributed by atoms with van der Waals surface area (Å²) in [6.45, 7) is 10.6. The van der Waals surface area contributed by atoms with E-state index in [0.717, 1.165) is 0 Å². The lowest BCUT2D eigenvalue weighted by Crippen LogP contribution is -3.04. The molecule has 1 aliphatic rings. The smallest absolute Gasteiger partial charge is 0.112 e. The molecule has 0 amide bonds. The van der Waals surface area contributed by atoms with Crippen molar-refractivity contribution in [2.45, 2.75) is 78.1 Å². The van der Waals surface area contributed by atoms with Gasteiger partial charge in [-0.2, -0.15) is 0 Å². The van der Waals surface area contributed by atoms with Crippen LogP contribution in [0.3, 0.4) is 0 Å².